The number of benzene rings is 3. The number of carbonyl (C=O) groups is 1. The van der Waals surface area contributed by atoms with Crippen LogP contribution < -0.4 is 19.5 Å². The summed E-state index contributed by atoms with van der Waals surface area (Å²) in [5, 5.41) is 2.74. The van der Waals surface area contributed by atoms with Gasteiger partial charge >= 0.3 is 0 Å². The summed E-state index contributed by atoms with van der Waals surface area (Å²) >= 11 is 0. The largest absolute Gasteiger partial charge is 0.497 e. The third-order valence-corrected chi connectivity index (χ3v) is 6.53. The molecular formula is C22H20N2O6S. The molecular weight excluding hydrogens is 420 g/mol. The van der Waals surface area contributed by atoms with E-state index in [0.717, 1.165) is 4.31 Å². The average molecular weight is 440 g/mol. The number of ether oxygens (including phenoxy) is 3. The van der Waals surface area contributed by atoms with Crippen molar-refractivity contribution in [1.29, 1.82) is 0 Å². The highest BCUT2D eigenvalue weighted by molar-refractivity contribution is 7.89. The molecule has 3 aromatic carbocycles. The third-order valence-electron chi connectivity index (χ3n) is 4.69. The number of fused-ring (bicyclic) bond motifs is 2. The number of rotatable bonds is 5. The first-order valence-corrected chi connectivity index (χ1v) is 10.7. The van der Waals surface area contributed by atoms with Gasteiger partial charge in [0, 0.05) is 20.2 Å². The van der Waals surface area contributed by atoms with Crippen molar-refractivity contribution >= 4 is 21.6 Å². The minimum Gasteiger partial charge on any atom is -0.497 e. The molecule has 0 unspecified atom stereocenters. The Morgan fingerprint density at radius 1 is 0.935 bits per heavy atom. The molecule has 1 aliphatic heterocycles. The van der Waals surface area contributed by atoms with Gasteiger partial charge in [-0.15, -0.1) is 0 Å². The summed E-state index contributed by atoms with van der Waals surface area (Å²) in [4.78, 5) is 12.6. The van der Waals surface area contributed by atoms with Crippen molar-refractivity contribution in [3.63, 3.8) is 0 Å². The number of sulfonamides is 1. The first-order chi connectivity index (χ1) is 14.8. The zero-order valence-electron chi connectivity index (χ0n) is 17.1. The Morgan fingerprint density at radius 3 is 2.29 bits per heavy atom. The molecule has 8 nitrogen and oxygen atoms in total. The summed E-state index contributed by atoms with van der Waals surface area (Å²) in [5.41, 5.74) is 0.567. The molecule has 1 N–H and O–H groups in total. The fraction of sp³-hybridized carbons (Fsp3) is 0.136. The molecule has 9 heteroatoms. The normalized spacial score (nSPS) is 12.8. The van der Waals surface area contributed by atoms with E-state index in [-0.39, 0.29) is 22.0 Å². The lowest BCUT2D eigenvalue weighted by Gasteiger charge is -2.18. The van der Waals surface area contributed by atoms with Crippen LogP contribution in [0.4, 0.5) is 5.69 Å². The summed E-state index contributed by atoms with van der Waals surface area (Å²) in [6.45, 7) is 0. The molecule has 0 spiro atoms. The lowest BCUT2D eigenvalue weighted by Crippen LogP contribution is -2.23. The van der Waals surface area contributed by atoms with Crippen LogP contribution in [-0.2, 0) is 10.0 Å². The Labute approximate surface area is 180 Å². The molecule has 4 rings (SSSR count). The third kappa shape index (κ3) is 3.92. The maximum Gasteiger partial charge on any atom is 0.259 e. The maximum atomic E-state index is 13.0. The second-order valence-corrected chi connectivity index (χ2v) is 9.03. The van der Waals surface area contributed by atoms with Gasteiger partial charge < -0.3 is 19.5 Å². The second-order valence-electron chi connectivity index (χ2n) is 6.91. The molecule has 1 aliphatic rings. The number of nitrogens with zero attached hydrogens (tertiary/aromatic N) is 1. The molecule has 1 heterocycles. The smallest absolute Gasteiger partial charge is 0.259 e. The van der Waals surface area contributed by atoms with E-state index in [2.05, 4.69) is 5.32 Å². The van der Waals surface area contributed by atoms with Gasteiger partial charge in [-0.25, -0.2) is 12.7 Å². The number of carbonyl (C=O) groups excluding carboxylic acids is 1. The van der Waals surface area contributed by atoms with Crippen molar-refractivity contribution in [1.82, 2.24) is 4.31 Å². The van der Waals surface area contributed by atoms with Crippen LogP contribution in [0.15, 0.2) is 65.6 Å². The van der Waals surface area contributed by atoms with Gasteiger partial charge in [0.1, 0.15) is 22.1 Å². The van der Waals surface area contributed by atoms with Crippen LogP contribution >= 0.6 is 0 Å². The topological polar surface area (TPSA) is 94.2 Å². The van der Waals surface area contributed by atoms with Crippen molar-refractivity contribution in [3.05, 3.63) is 66.2 Å². The Balaban J connectivity index is 1.86. The van der Waals surface area contributed by atoms with Gasteiger partial charge in [0.15, 0.2) is 11.5 Å². The van der Waals surface area contributed by atoms with Crippen LogP contribution in [0.2, 0.25) is 0 Å². The predicted molar refractivity (Wildman–Crippen MR) is 115 cm³/mol. The van der Waals surface area contributed by atoms with Gasteiger partial charge in [-0.05, 0) is 42.5 Å². The molecule has 0 saturated carbocycles. The van der Waals surface area contributed by atoms with Crippen molar-refractivity contribution in [2.24, 2.45) is 0 Å². The van der Waals surface area contributed by atoms with Crippen LogP contribution in [0.1, 0.15) is 10.4 Å². The molecule has 3 aromatic rings. The maximum absolute atomic E-state index is 13.0. The van der Waals surface area contributed by atoms with E-state index in [0.29, 0.717) is 22.9 Å². The van der Waals surface area contributed by atoms with Crippen molar-refractivity contribution < 1.29 is 27.4 Å². The van der Waals surface area contributed by atoms with E-state index in [1.165, 1.54) is 26.2 Å². The Hall–Kier alpha value is -3.56. The van der Waals surface area contributed by atoms with Crippen molar-refractivity contribution in [2.75, 3.05) is 26.5 Å². The summed E-state index contributed by atoms with van der Waals surface area (Å²) in [6.07, 6.45) is 0. The zero-order valence-corrected chi connectivity index (χ0v) is 17.9. The molecule has 0 bridgehead atoms. The molecule has 31 heavy (non-hydrogen) atoms. The monoisotopic (exact) mass is 440 g/mol. The predicted octanol–water partition coefficient (Wildman–Crippen LogP) is 4.10. The van der Waals surface area contributed by atoms with Gasteiger partial charge in [-0.2, -0.15) is 0 Å². The average Bonchev–Trinajstić information content (AvgIpc) is 2.88. The summed E-state index contributed by atoms with van der Waals surface area (Å²) in [5.74, 6) is 1.20. The minimum absolute atomic E-state index is 0.0322. The number of hydrogen-bond donors (Lipinski definition) is 1. The fourth-order valence-electron chi connectivity index (χ4n) is 3.02. The van der Waals surface area contributed by atoms with E-state index in [9.17, 15) is 13.2 Å². The summed E-state index contributed by atoms with van der Waals surface area (Å²) < 4.78 is 44.0. The van der Waals surface area contributed by atoms with Crippen LogP contribution in [0.3, 0.4) is 0 Å². The summed E-state index contributed by atoms with van der Waals surface area (Å²) in [6, 6.07) is 16.3. The van der Waals surface area contributed by atoms with Crippen LogP contribution in [-0.4, -0.2) is 39.8 Å². The number of para-hydroxylation sites is 2. The molecule has 160 valence electrons. The Morgan fingerprint density at radius 2 is 1.61 bits per heavy atom. The molecule has 1 amide bonds. The number of nitrogens with one attached hydrogen (secondary N) is 1. The van der Waals surface area contributed by atoms with E-state index in [1.54, 1.807) is 55.6 Å². The number of hydrogen-bond acceptors (Lipinski definition) is 6. The minimum atomic E-state index is -3.93. The van der Waals surface area contributed by atoms with Gasteiger partial charge in [0.05, 0.1) is 18.4 Å². The van der Waals surface area contributed by atoms with Gasteiger partial charge in [-0.3, -0.25) is 4.79 Å². The lowest BCUT2D eigenvalue weighted by molar-refractivity contribution is 0.102. The van der Waals surface area contributed by atoms with Gasteiger partial charge in [0.25, 0.3) is 5.91 Å². The molecule has 0 fully saturated rings. The zero-order chi connectivity index (χ0) is 22.2. The van der Waals surface area contributed by atoms with E-state index in [4.69, 9.17) is 14.2 Å². The highest BCUT2D eigenvalue weighted by Crippen LogP contribution is 2.41. The van der Waals surface area contributed by atoms with Gasteiger partial charge in [-0.1, -0.05) is 12.1 Å². The highest BCUT2D eigenvalue weighted by atomic mass is 32.2. The fourth-order valence-corrected chi connectivity index (χ4v) is 4.03. The van der Waals surface area contributed by atoms with Crippen LogP contribution in [0, 0.1) is 0 Å². The Bertz CT molecular complexity index is 1250. The first-order valence-electron chi connectivity index (χ1n) is 9.30. The van der Waals surface area contributed by atoms with Crippen molar-refractivity contribution in [3.8, 4) is 28.7 Å². The van der Waals surface area contributed by atoms with Crippen molar-refractivity contribution in [2.45, 2.75) is 4.90 Å². The SMILES string of the molecule is COc1ccc(Oc2cc3c(cc2S(=O)(=O)N(C)C)C(=O)Nc2ccccc2O3)cc1. The number of amides is 1. The Kier molecular flexibility index (Phi) is 5.30. The molecule has 0 aliphatic carbocycles. The summed E-state index contributed by atoms with van der Waals surface area (Å²) in [7, 11) is 0.432. The van der Waals surface area contributed by atoms with E-state index >= 15 is 0 Å². The number of methoxy groups -OCH3 is 1. The van der Waals surface area contributed by atoms with Crippen LogP contribution in [0.25, 0.3) is 0 Å². The molecule has 0 saturated heterocycles. The van der Waals surface area contributed by atoms with E-state index < -0.39 is 15.9 Å². The highest BCUT2D eigenvalue weighted by Gasteiger charge is 2.29. The quantitative estimate of drug-likeness (QED) is 0.642. The molecule has 0 aromatic heterocycles. The number of anilines is 1. The first kappa shape index (κ1) is 20.7. The second kappa shape index (κ2) is 7.93. The van der Waals surface area contributed by atoms with E-state index in [1.807, 2.05) is 0 Å². The standard InChI is InChI=1S/C22H20N2O6S/c1-24(2)31(26,27)21-12-16-19(30-18-7-5-4-6-17(18)23-22(16)25)13-20(21)29-15-10-8-14(28-3)9-11-15/h4-13H,1-3H3,(H,23,25). The molecule has 0 radical (unpaired) electrons. The van der Waals surface area contributed by atoms with Gasteiger partial charge in [0.2, 0.25) is 10.0 Å². The molecule has 0 atom stereocenters. The van der Waals surface area contributed by atoms with Crippen LogP contribution in [0.5, 0.6) is 28.7 Å². The lowest BCUT2D eigenvalue weighted by atomic mass is 10.1.